The van der Waals surface area contributed by atoms with E-state index in [1.54, 1.807) is 12.1 Å². The molecule has 1 N–H and O–H groups in total. The summed E-state index contributed by atoms with van der Waals surface area (Å²) in [5.41, 5.74) is 0.721. The SMILES string of the molecule is Cc1cc(C(F)(F)F)cc(O)c1-c1ccc(C[C@H]2CN(C)CCO2)nn1. The Morgan fingerprint density at radius 2 is 2.04 bits per heavy atom. The number of morpholine rings is 1. The normalized spacial score (nSPS) is 18.9. The molecule has 0 unspecified atom stereocenters. The van der Waals surface area contributed by atoms with Crippen LogP contribution in [0.1, 0.15) is 16.8 Å². The second-order valence-electron chi connectivity index (χ2n) is 6.55. The molecule has 3 rings (SSSR count). The lowest BCUT2D eigenvalue weighted by atomic mass is 10.0. The van der Waals surface area contributed by atoms with E-state index in [0.717, 1.165) is 24.8 Å². The Morgan fingerprint density at radius 3 is 2.62 bits per heavy atom. The molecule has 5 nitrogen and oxygen atoms in total. The van der Waals surface area contributed by atoms with Gasteiger partial charge in [0.25, 0.3) is 0 Å². The van der Waals surface area contributed by atoms with Gasteiger partial charge in [-0.1, -0.05) is 0 Å². The van der Waals surface area contributed by atoms with E-state index in [2.05, 4.69) is 15.1 Å². The quantitative estimate of drug-likeness (QED) is 0.904. The topological polar surface area (TPSA) is 58.5 Å². The van der Waals surface area contributed by atoms with E-state index in [4.69, 9.17) is 4.74 Å². The van der Waals surface area contributed by atoms with Crippen molar-refractivity contribution in [1.82, 2.24) is 15.1 Å². The minimum atomic E-state index is -4.51. The average molecular weight is 367 g/mol. The van der Waals surface area contributed by atoms with E-state index in [1.807, 2.05) is 7.05 Å². The van der Waals surface area contributed by atoms with Gasteiger partial charge in [-0.2, -0.15) is 23.4 Å². The third-order valence-corrected chi connectivity index (χ3v) is 4.40. The number of hydrogen-bond donors (Lipinski definition) is 1. The number of aryl methyl sites for hydroxylation is 1. The van der Waals surface area contributed by atoms with Crippen molar-refractivity contribution in [3.8, 4) is 17.0 Å². The molecule has 0 radical (unpaired) electrons. The summed E-state index contributed by atoms with van der Waals surface area (Å²) < 4.78 is 44.2. The largest absolute Gasteiger partial charge is 0.507 e. The molecule has 2 heterocycles. The summed E-state index contributed by atoms with van der Waals surface area (Å²) in [6.07, 6.45) is -3.87. The molecular formula is C18H20F3N3O2. The number of phenolic OH excluding ortho intramolecular Hbond substituents is 1. The van der Waals surface area contributed by atoms with E-state index in [-0.39, 0.29) is 17.2 Å². The van der Waals surface area contributed by atoms with Gasteiger partial charge >= 0.3 is 6.18 Å². The van der Waals surface area contributed by atoms with Crippen molar-refractivity contribution in [2.75, 3.05) is 26.7 Å². The standard InChI is InChI=1S/C18H20F3N3O2/c1-11-7-12(18(19,20)21)8-16(25)17(11)15-4-3-13(22-23-15)9-14-10-24(2)5-6-26-14/h3-4,7-8,14,25H,5-6,9-10H2,1-2H3/t14-/m0/s1. The van der Waals surface area contributed by atoms with Crippen molar-refractivity contribution in [2.24, 2.45) is 0 Å². The summed E-state index contributed by atoms with van der Waals surface area (Å²) in [6, 6.07) is 5.13. The molecule has 0 saturated carbocycles. The Hall–Kier alpha value is -2.19. The third kappa shape index (κ3) is 4.13. The average Bonchev–Trinajstić information content (AvgIpc) is 2.55. The van der Waals surface area contributed by atoms with Gasteiger partial charge in [-0.3, -0.25) is 0 Å². The zero-order chi connectivity index (χ0) is 18.9. The van der Waals surface area contributed by atoms with E-state index >= 15 is 0 Å². The maximum absolute atomic E-state index is 12.8. The summed E-state index contributed by atoms with van der Waals surface area (Å²) in [5.74, 6) is -0.461. The highest BCUT2D eigenvalue weighted by Crippen LogP contribution is 2.38. The van der Waals surface area contributed by atoms with E-state index in [1.165, 1.54) is 6.92 Å². The lowest BCUT2D eigenvalue weighted by Gasteiger charge is -2.29. The molecule has 26 heavy (non-hydrogen) atoms. The maximum Gasteiger partial charge on any atom is 0.416 e. The Labute approximate surface area is 149 Å². The fourth-order valence-corrected chi connectivity index (χ4v) is 3.09. The highest BCUT2D eigenvalue weighted by molar-refractivity contribution is 5.71. The van der Waals surface area contributed by atoms with Crippen molar-refractivity contribution in [3.63, 3.8) is 0 Å². The van der Waals surface area contributed by atoms with Crippen LogP contribution in [-0.4, -0.2) is 53.1 Å². The molecule has 140 valence electrons. The summed E-state index contributed by atoms with van der Waals surface area (Å²) in [4.78, 5) is 2.18. The first-order valence-corrected chi connectivity index (χ1v) is 8.28. The first-order chi connectivity index (χ1) is 12.2. The zero-order valence-corrected chi connectivity index (χ0v) is 14.5. The monoisotopic (exact) mass is 367 g/mol. The summed E-state index contributed by atoms with van der Waals surface area (Å²) >= 11 is 0. The van der Waals surface area contributed by atoms with Crippen molar-refractivity contribution >= 4 is 0 Å². The minimum absolute atomic E-state index is 0.0371. The number of hydrogen-bond acceptors (Lipinski definition) is 5. The predicted molar refractivity (Wildman–Crippen MR) is 89.8 cm³/mol. The molecule has 0 amide bonds. The molecule has 2 aromatic rings. The van der Waals surface area contributed by atoms with Gasteiger partial charge in [-0.15, -0.1) is 0 Å². The highest BCUT2D eigenvalue weighted by Gasteiger charge is 2.32. The molecule has 0 bridgehead atoms. The number of phenols is 1. The Balaban J connectivity index is 1.80. The van der Waals surface area contributed by atoms with Gasteiger partial charge in [0.1, 0.15) is 5.75 Å². The van der Waals surface area contributed by atoms with Crippen LogP contribution in [0.3, 0.4) is 0 Å². The smallest absolute Gasteiger partial charge is 0.416 e. The fraction of sp³-hybridized carbons (Fsp3) is 0.444. The van der Waals surface area contributed by atoms with Gasteiger partial charge in [0, 0.05) is 25.1 Å². The number of alkyl halides is 3. The molecule has 1 saturated heterocycles. The van der Waals surface area contributed by atoms with Crippen molar-refractivity contribution in [2.45, 2.75) is 25.6 Å². The van der Waals surface area contributed by atoms with Crippen LogP contribution in [0.15, 0.2) is 24.3 Å². The molecule has 0 aliphatic carbocycles. The molecule has 0 spiro atoms. The van der Waals surface area contributed by atoms with Gasteiger partial charge in [-0.05, 0) is 43.8 Å². The number of likely N-dealkylation sites (N-methyl/N-ethyl adjacent to an activating group) is 1. The van der Waals surface area contributed by atoms with Crippen molar-refractivity contribution in [3.05, 3.63) is 41.1 Å². The summed E-state index contributed by atoms with van der Waals surface area (Å²) in [7, 11) is 2.03. The highest BCUT2D eigenvalue weighted by atomic mass is 19.4. The Bertz CT molecular complexity index is 755. The summed E-state index contributed by atoms with van der Waals surface area (Å²) in [5, 5.41) is 18.3. The van der Waals surface area contributed by atoms with Crippen LogP contribution in [-0.2, 0) is 17.3 Å². The molecule has 1 aliphatic heterocycles. The molecular weight excluding hydrogens is 347 g/mol. The number of nitrogens with zero attached hydrogens (tertiary/aromatic N) is 3. The molecule has 1 aromatic carbocycles. The Morgan fingerprint density at radius 1 is 1.27 bits per heavy atom. The number of ether oxygens (including phenoxy) is 1. The van der Waals surface area contributed by atoms with E-state index < -0.39 is 17.5 Å². The van der Waals surface area contributed by atoms with Gasteiger partial charge in [-0.25, -0.2) is 0 Å². The van der Waals surface area contributed by atoms with Gasteiger partial charge in [0.2, 0.25) is 0 Å². The first kappa shape index (κ1) is 18.6. The first-order valence-electron chi connectivity index (χ1n) is 8.28. The van der Waals surface area contributed by atoms with Crippen LogP contribution in [0.4, 0.5) is 13.2 Å². The third-order valence-electron chi connectivity index (χ3n) is 4.40. The zero-order valence-electron chi connectivity index (χ0n) is 14.5. The van der Waals surface area contributed by atoms with Gasteiger partial charge in [0.05, 0.1) is 29.7 Å². The van der Waals surface area contributed by atoms with Crippen molar-refractivity contribution < 1.29 is 23.0 Å². The summed E-state index contributed by atoms with van der Waals surface area (Å²) in [6.45, 7) is 3.88. The van der Waals surface area contributed by atoms with E-state index in [9.17, 15) is 18.3 Å². The fourth-order valence-electron chi connectivity index (χ4n) is 3.09. The van der Waals surface area contributed by atoms with Crippen LogP contribution in [0.25, 0.3) is 11.3 Å². The van der Waals surface area contributed by atoms with Crippen LogP contribution >= 0.6 is 0 Å². The van der Waals surface area contributed by atoms with Crippen LogP contribution < -0.4 is 0 Å². The predicted octanol–water partition coefficient (Wildman–Crippen LogP) is 3.05. The van der Waals surface area contributed by atoms with E-state index in [0.29, 0.717) is 24.8 Å². The van der Waals surface area contributed by atoms with Crippen molar-refractivity contribution in [1.29, 1.82) is 0 Å². The van der Waals surface area contributed by atoms with Crippen LogP contribution in [0.2, 0.25) is 0 Å². The van der Waals surface area contributed by atoms with Gasteiger partial charge in [0.15, 0.2) is 0 Å². The second kappa shape index (κ2) is 7.20. The van der Waals surface area contributed by atoms with Gasteiger partial charge < -0.3 is 14.7 Å². The number of rotatable bonds is 3. The second-order valence-corrected chi connectivity index (χ2v) is 6.55. The number of aromatic hydroxyl groups is 1. The number of aromatic nitrogens is 2. The lowest BCUT2D eigenvalue weighted by Crippen LogP contribution is -2.41. The molecule has 1 atom stereocenters. The van der Waals surface area contributed by atoms with Crippen LogP contribution in [0.5, 0.6) is 5.75 Å². The number of halogens is 3. The molecule has 8 heteroatoms. The maximum atomic E-state index is 12.8. The number of benzene rings is 1. The minimum Gasteiger partial charge on any atom is -0.507 e. The lowest BCUT2D eigenvalue weighted by molar-refractivity contribution is -0.137. The molecule has 1 aliphatic rings. The van der Waals surface area contributed by atoms with Crippen LogP contribution in [0, 0.1) is 6.92 Å². The molecule has 1 aromatic heterocycles. The Kier molecular flexibility index (Phi) is 5.15. The molecule has 1 fully saturated rings.